The zero-order chi connectivity index (χ0) is 22.3. The van der Waals surface area contributed by atoms with Crippen molar-refractivity contribution in [1.29, 1.82) is 0 Å². The number of hydrogen-bond donors (Lipinski definition) is 2. The molecule has 0 bridgehead atoms. The van der Waals surface area contributed by atoms with Crippen LogP contribution in [-0.4, -0.2) is 31.4 Å². The number of nitrogens with one attached hydrogen (secondary N) is 2. The number of aromatic nitrogens is 4. The summed E-state index contributed by atoms with van der Waals surface area (Å²) in [5.41, 5.74) is 2.70. The van der Waals surface area contributed by atoms with Crippen LogP contribution < -0.4 is 10.6 Å². The van der Waals surface area contributed by atoms with E-state index in [1.807, 2.05) is 47.2 Å². The lowest BCUT2D eigenvalue weighted by Gasteiger charge is -2.08. The molecule has 0 atom stereocenters. The first-order valence-corrected chi connectivity index (χ1v) is 12.2. The minimum Gasteiger partial charge on any atom is -0.354 e. The normalized spacial score (nSPS) is 10.8. The van der Waals surface area contributed by atoms with Gasteiger partial charge in [0.25, 0.3) is 0 Å². The van der Waals surface area contributed by atoms with Gasteiger partial charge in [0.05, 0.1) is 18.0 Å². The number of carbonyl (C=O) groups excluding carboxylic acids is 1. The molecule has 1 amide bonds. The molecule has 10 heteroatoms. The number of anilines is 2. The standard InChI is InChI=1S/C22H21ClN6OS2/c1-2-29-19(12-24-21-26-18(13-31-21)15-7-4-3-5-8-15)27-28-22(29)32-14-20(30)25-17-10-6-9-16(23)11-17/h3-11,13H,2,12,14H2,1H3,(H,24,26)(H,25,30). The molecule has 4 aromatic rings. The van der Waals surface area contributed by atoms with Crippen molar-refractivity contribution in [2.45, 2.75) is 25.2 Å². The summed E-state index contributed by atoms with van der Waals surface area (Å²) >= 11 is 8.87. The van der Waals surface area contributed by atoms with Crippen LogP contribution in [0.3, 0.4) is 0 Å². The minimum absolute atomic E-state index is 0.126. The summed E-state index contributed by atoms with van der Waals surface area (Å²) in [5.74, 6) is 0.894. The molecule has 0 unspecified atom stereocenters. The van der Waals surface area contributed by atoms with E-state index in [0.717, 1.165) is 22.2 Å². The summed E-state index contributed by atoms with van der Waals surface area (Å²) in [6.07, 6.45) is 0. The Labute approximate surface area is 199 Å². The van der Waals surface area contributed by atoms with Gasteiger partial charge in [-0.05, 0) is 25.1 Å². The molecule has 2 heterocycles. The molecule has 0 saturated carbocycles. The second-order valence-corrected chi connectivity index (χ2v) is 8.98. The lowest BCUT2D eigenvalue weighted by molar-refractivity contribution is -0.113. The van der Waals surface area contributed by atoms with E-state index in [0.29, 0.717) is 29.0 Å². The van der Waals surface area contributed by atoms with Crippen molar-refractivity contribution in [1.82, 2.24) is 19.7 Å². The second kappa shape index (κ2) is 10.6. The van der Waals surface area contributed by atoms with Crippen molar-refractivity contribution < 1.29 is 4.79 Å². The monoisotopic (exact) mass is 484 g/mol. The third-order valence-corrected chi connectivity index (χ3v) is 6.52. The fraction of sp³-hybridized carbons (Fsp3) is 0.182. The number of benzene rings is 2. The Morgan fingerprint density at radius 3 is 2.78 bits per heavy atom. The molecule has 4 rings (SSSR count). The zero-order valence-electron chi connectivity index (χ0n) is 17.3. The summed E-state index contributed by atoms with van der Waals surface area (Å²) in [6, 6.07) is 17.1. The highest BCUT2D eigenvalue weighted by molar-refractivity contribution is 7.99. The van der Waals surface area contributed by atoms with Crippen LogP contribution in [-0.2, 0) is 17.9 Å². The van der Waals surface area contributed by atoms with Crippen molar-refractivity contribution in [2.24, 2.45) is 0 Å². The summed E-state index contributed by atoms with van der Waals surface area (Å²) in [5, 5.41) is 18.9. The van der Waals surface area contributed by atoms with Crippen LogP contribution in [0.5, 0.6) is 0 Å². The minimum atomic E-state index is -0.126. The van der Waals surface area contributed by atoms with E-state index in [4.69, 9.17) is 11.6 Å². The SMILES string of the molecule is CCn1c(CNc2nc(-c3ccccc3)cs2)nnc1SCC(=O)Nc1cccc(Cl)c1. The van der Waals surface area contributed by atoms with Crippen LogP contribution in [0.2, 0.25) is 5.02 Å². The molecule has 2 aromatic heterocycles. The van der Waals surface area contributed by atoms with Gasteiger partial charge in [-0.15, -0.1) is 21.5 Å². The Hall–Kier alpha value is -2.88. The first-order chi connectivity index (χ1) is 15.6. The van der Waals surface area contributed by atoms with Gasteiger partial charge in [-0.2, -0.15) is 0 Å². The van der Waals surface area contributed by atoms with Gasteiger partial charge in [0.2, 0.25) is 5.91 Å². The van der Waals surface area contributed by atoms with Gasteiger partial charge in [0.15, 0.2) is 16.1 Å². The molecule has 2 N–H and O–H groups in total. The Morgan fingerprint density at radius 1 is 1.16 bits per heavy atom. The number of thiazole rings is 1. The highest BCUT2D eigenvalue weighted by Crippen LogP contribution is 2.25. The molecule has 164 valence electrons. The maximum absolute atomic E-state index is 12.3. The molecule has 0 fully saturated rings. The highest BCUT2D eigenvalue weighted by atomic mass is 35.5. The van der Waals surface area contributed by atoms with E-state index < -0.39 is 0 Å². The largest absolute Gasteiger partial charge is 0.354 e. The maximum atomic E-state index is 12.3. The van der Waals surface area contributed by atoms with Gasteiger partial charge < -0.3 is 15.2 Å². The first kappa shape index (κ1) is 22.3. The van der Waals surface area contributed by atoms with Gasteiger partial charge >= 0.3 is 0 Å². The van der Waals surface area contributed by atoms with Crippen LogP contribution in [0.25, 0.3) is 11.3 Å². The molecule has 0 radical (unpaired) electrons. The molecule has 0 aliphatic rings. The lowest BCUT2D eigenvalue weighted by atomic mass is 10.2. The number of rotatable bonds is 9. The Balaban J connectivity index is 1.34. The van der Waals surface area contributed by atoms with Gasteiger partial charge in [-0.25, -0.2) is 4.98 Å². The molecule has 0 spiro atoms. The van der Waals surface area contributed by atoms with Gasteiger partial charge in [0.1, 0.15) is 0 Å². The van der Waals surface area contributed by atoms with Crippen molar-refractivity contribution in [2.75, 3.05) is 16.4 Å². The highest BCUT2D eigenvalue weighted by Gasteiger charge is 2.14. The second-order valence-electron chi connectivity index (χ2n) is 6.75. The van der Waals surface area contributed by atoms with Crippen molar-refractivity contribution in [3.05, 3.63) is 70.8 Å². The third-order valence-electron chi connectivity index (χ3n) is 4.52. The van der Waals surface area contributed by atoms with Crippen LogP contribution in [0.15, 0.2) is 65.1 Å². The van der Waals surface area contributed by atoms with E-state index >= 15 is 0 Å². The quantitative estimate of drug-likeness (QED) is 0.309. The van der Waals surface area contributed by atoms with Gasteiger partial charge in [0, 0.05) is 28.2 Å². The van der Waals surface area contributed by atoms with E-state index in [2.05, 4.69) is 25.8 Å². The van der Waals surface area contributed by atoms with Crippen LogP contribution in [0.1, 0.15) is 12.7 Å². The smallest absolute Gasteiger partial charge is 0.234 e. The number of carbonyl (C=O) groups is 1. The van der Waals surface area contributed by atoms with Crippen LogP contribution in [0.4, 0.5) is 10.8 Å². The fourth-order valence-electron chi connectivity index (χ4n) is 3.02. The Morgan fingerprint density at radius 2 is 2.00 bits per heavy atom. The van der Waals surface area contributed by atoms with Crippen molar-refractivity contribution in [3.8, 4) is 11.3 Å². The predicted octanol–water partition coefficient (Wildman–Crippen LogP) is 5.42. The van der Waals surface area contributed by atoms with E-state index in [-0.39, 0.29) is 11.7 Å². The fourth-order valence-corrected chi connectivity index (χ4v) is 4.75. The molecule has 7 nitrogen and oxygen atoms in total. The molecule has 0 aliphatic carbocycles. The van der Waals surface area contributed by atoms with Crippen LogP contribution >= 0.6 is 34.7 Å². The van der Waals surface area contributed by atoms with E-state index in [1.165, 1.54) is 11.8 Å². The molecular formula is C22H21ClN6OS2. The summed E-state index contributed by atoms with van der Waals surface area (Å²) < 4.78 is 2.00. The first-order valence-electron chi connectivity index (χ1n) is 9.97. The average Bonchev–Trinajstić information content (AvgIpc) is 3.43. The average molecular weight is 485 g/mol. The molecule has 2 aromatic carbocycles. The number of hydrogen-bond acceptors (Lipinski definition) is 7. The topological polar surface area (TPSA) is 84.7 Å². The Bertz CT molecular complexity index is 1190. The van der Waals surface area contributed by atoms with Gasteiger partial charge in [-0.1, -0.05) is 59.8 Å². The summed E-state index contributed by atoms with van der Waals surface area (Å²) in [6.45, 7) is 3.23. The van der Waals surface area contributed by atoms with Crippen molar-refractivity contribution in [3.63, 3.8) is 0 Å². The Kier molecular flexibility index (Phi) is 7.41. The van der Waals surface area contributed by atoms with Crippen molar-refractivity contribution >= 4 is 51.4 Å². The van der Waals surface area contributed by atoms with Gasteiger partial charge in [-0.3, -0.25) is 4.79 Å². The molecule has 0 aliphatic heterocycles. The number of halogens is 1. The number of nitrogens with zero attached hydrogens (tertiary/aromatic N) is 4. The molecule has 0 saturated heterocycles. The van der Waals surface area contributed by atoms with E-state index in [9.17, 15) is 4.79 Å². The number of amides is 1. The number of thioether (sulfide) groups is 1. The zero-order valence-corrected chi connectivity index (χ0v) is 19.7. The summed E-state index contributed by atoms with van der Waals surface area (Å²) in [4.78, 5) is 16.9. The predicted molar refractivity (Wildman–Crippen MR) is 131 cm³/mol. The molecule has 32 heavy (non-hydrogen) atoms. The lowest BCUT2D eigenvalue weighted by Crippen LogP contribution is -2.15. The molecular weight excluding hydrogens is 464 g/mol. The summed E-state index contributed by atoms with van der Waals surface area (Å²) in [7, 11) is 0. The third kappa shape index (κ3) is 5.67. The van der Waals surface area contributed by atoms with E-state index in [1.54, 1.807) is 35.6 Å². The maximum Gasteiger partial charge on any atom is 0.234 e. The van der Waals surface area contributed by atoms with Crippen LogP contribution in [0, 0.1) is 0 Å².